The lowest BCUT2D eigenvalue weighted by atomic mass is 9.82. The number of hydrogen-bond acceptors (Lipinski definition) is 3. The maximum atomic E-state index is 14.9. The molecule has 1 saturated carbocycles. The molecule has 1 aliphatic carbocycles. The summed E-state index contributed by atoms with van der Waals surface area (Å²) in [7, 11) is 0. The molecule has 0 radical (unpaired) electrons. The molecule has 6 heteroatoms. The first-order valence-electron chi connectivity index (χ1n) is 12.8. The smallest absolute Gasteiger partial charge is 0.200 e. The fourth-order valence-corrected chi connectivity index (χ4v) is 4.77. The number of ether oxygens (including phenoxy) is 3. The van der Waals surface area contributed by atoms with Crippen LogP contribution in [0.1, 0.15) is 56.1 Å². The monoisotopic (exact) mass is 510 g/mol. The Bertz CT molecular complexity index is 1190. The van der Waals surface area contributed by atoms with Gasteiger partial charge in [0.15, 0.2) is 11.6 Å². The third-order valence-electron chi connectivity index (χ3n) is 6.78. The Labute approximate surface area is 216 Å². The standard InChI is InChI=1S/C31H33F3O3/c1-3-5-18-36-25-14-15-26(28(32)19-25)22-8-6-21(7-9-22)20-37-29-17-16-27(30(33)31(29)34)23-10-12-24(13-11-23)35-4-2/h3,6-9,14-17,19,23-24H,1,4-5,10-13,18,20H2,2H3. The Morgan fingerprint density at radius 3 is 2.32 bits per heavy atom. The van der Waals surface area contributed by atoms with Crippen molar-refractivity contribution in [2.45, 2.75) is 57.7 Å². The first-order chi connectivity index (χ1) is 18.0. The molecule has 0 aromatic heterocycles. The van der Waals surface area contributed by atoms with E-state index in [9.17, 15) is 13.2 Å². The minimum atomic E-state index is -0.960. The molecule has 0 N–H and O–H groups in total. The molecule has 1 aliphatic rings. The van der Waals surface area contributed by atoms with Crippen LogP contribution in [0, 0.1) is 17.5 Å². The lowest BCUT2D eigenvalue weighted by Crippen LogP contribution is -2.21. The highest BCUT2D eigenvalue weighted by Gasteiger charge is 2.27. The Morgan fingerprint density at radius 1 is 0.892 bits per heavy atom. The minimum absolute atomic E-state index is 0.0130. The molecule has 4 rings (SSSR count). The van der Waals surface area contributed by atoms with Crippen molar-refractivity contribution < 1.29 is 27.4 Å². The van der Waals surface area contributed by atoms with Crippen LogP contribution in [-0.2, 0) is 11.3 Å². The van der Waals surface area contributed by atoms with Gasteiger partial charge in [0.05, 0.1) is 12.7 Å². The van der Waals surface area contributed by atoms with Crippen molar-refractivity contribution >= 4 is 0 Å². The van der Waals surface area contributed by atoms with Crippen LogP contribution in [0.3, 0.4) is 0 Å². The van der Waals surface area contributed by atoms with E-state index in [0.29, 0.717) is 42.1 Å². The largest absolute Gasteiger partial charge is 0.493 e. The van der Waals surface area contributed by atoms with Gasteiger partial charge in [0.25, 0.3) is 0 Å². The van der Waals surface area contributed by atoms with Crippen molar-refractivity contribution in [1.29, 1.82) is 0 Å². The van der Waals surface area contributed by atoms with Gasteiger partial charge >= 0.3 is 0 Å². The van der Waals surface area contributed by atoms with Crippen LogP contribution in [-0.4, -0.2) is 19.3 Å². The van der Waals surface area contributed by atoms with E-state index in [1.807, 2.05) is 6.92 Å². The number of hydrogen-bond donors (Lipinski definition) is 0. The van der Waals surface area contributed by atoms with Crippen LogP contribution < -0.4 is 9.47 Å². The van der Waals surface area contributed by atoms with Crippen molar-refractivity contribution in [1.82, 2.24) is 0 Å². The lowest BCUT2D eigenvalue weighted by molar-refractivity contribution is 0.0325. The summed E-state index contributed by atoms with van der Waals surface area (Å²) in [5.41, 5.74) is 2.30. The first-order valence-corrected chi connectivity index (χ1v) is 12.8. The van der Waals surface area contributed by atoms with Gasteiger partial charge in [0.2, 0.25) is 5.82 Å². The highest BCUT2D eigenvalue weighted by Crippen LogP contribution is 2.37. The summed E-state index contributed by atoms with van der Waals surface area (Å²) in [6.07, 6.45) is 5.89. The average molecular weight is 511 g/mol. The second kappa shape index (κ2) is 12.8. The molecule has 3 nitrogen and oxygen atoms in total. The van der Waals surface area contributed by atoms with Crippen LogP contribution >= 0.6 is 0 Å². The van der Waals surface area contributed by atoms with Crippen molar-refractivity contribution in [2.24, 2.45) is 0 Å². The van der Waals surface area contributed by atoms with E-state index in [-0.39, 0.29) is 30.2 Å². The Hall–Kier alpha value is -3.25. The molecule has 0 heterocycles. The van der Waals surface area contributed by atoms with Gasteiger partial charge in [-0.3, -0.25) is 0 Å². The second-order valence-corrected chi connectivity index (χ2v) is 9.26. The quantitative estimate of drug-likeness (QED) is 0.192. The van der Waals surface area contributed by atoms with Crippen LogP contribution in [0.5, 0.6) is 11.5 Å². The number of benzene rings is 3. The molecular formula is C31H33F3O3. The zero-order valence-electron chi connectivity index (χ0n) is 21.2. The molecule has 0 aliphatic heterocycles. The number of rotatable bonds is 11. The fourth-order valence-electron chi connectivity index (χ4n) is 4.77. The van der Waals surface area contributed by atoms with Crippen molar-refractivity contribution in [3.63, 3.8) is 0 Å². The fraction of sp³-hybridized carbons (Fsp3) is 0.355. The van der Waals surface area contributed by atoms with Crippen molar-refractivity contribution in [3.05, 3.63) is 95.8 Å². The molecule has 0 saturated heterocycles. The van der Waals surface area contributed by atoms with Gasteiger partial charge in [-0.1, -0.05) is 36.4 Å². The van der Waals surface area contributed by atoms with Gasteiger partial charge in [-0.05, 0) is 79.8 Å². The van der Waals surface area contributed by atoms with E-state index in [2.05, 4.69) is 6.58 Å². The van der Waals surface area contributed by atoms with Gasteiger partial charge in [-0.15, -0.1) is 6.58 Å². The summed E-state index contributed by atoms with van der Waals surface area (Å²) < 4.78 is 61.0. The molecule has 37 heavy (non-hydrogen) atoms. The molecule has 1 fully saturated rings. The lowest BCUT2D eigenvalue weighted by Gasteiger charge is -2.29. The molecule has 196 valence electrons. The first kappa shape index (κ1) is 26.8. The summed E-state index contributed by atoms with van der Waals surface area (Å²) in [5.74, 6) is -1.85. The van der Waals surface area contributed by atoms with Crippen molar-refractivity contribution in [3.8, 4) is 22.6 Å². The minimum Gasteiger partial charge on any atom is -0.493 e. The molecule has 0 amide bonds. The van der Waals surface area contributed by atoms with Gasteiger partial charge in [-0.25, -0.2) is 8.78 Å². The zero-order valence-corrected chi connectivity index (χ0v) is 21.2. The second-order valence-electron chi connectivity index (χ2n) is 9.26. The average Bonchev–Trinajstić information content (AvgIpc) is 2.91. The summed E-state index contributed by atoms with van der Waals surface area (Å²) in [5, 5.41) is 0. The molecule has 0 spiro atoms. The van der Waals surface area contributed by atoms with E-state index >= 15 is 0 Å². The van der Waals surface area contributed by atoms with Crippen LogP contribution in [0.25, 0.3) is 11.1 Å². The summed E-state index contributed by atoms with van der Waals surface area (Å²) in [6, 6.07) is 15.0. The molecule has 3 aromatic carbocycles. The third kappa shape index (κ3) is 6.75. The summed E-state index contributed by atoms with van der Waals surface area (Å²) in [6.45, 7) is 6.78. The molecule has 0 unspecified atom stereocenters. The van der Waals surface area contributed by atoms with E-state index in [4.69, 9.17) is 14.2 Å². The molecule has 0 bridgehead atoms. The molecule has 3 aromatic rings. The van der Waals surface area contributed by atoms with Gasteiger partial charge in [-0.2, -0.15) is 4.39 Å². The molecular weight excluding hydrogens is 477 g/mol. The van der Waals surface area contributed by atoms with E-state index in [0.717, 1.165) is 31.2 Å². The highest BCUT2D eigenvalue weighted by atomic mass is 19.2. The Morgan fingerprint density at radius 2 is 1.65 bits per heavy atom. The normalized spacial score (nSPS) is 17.4. The highest BCUT2D eigenvalue weighted by molar-refractivity contribution is 5.65. The Balaban J connectivity index is 1.36. The van der Waals surface area contributed by atoms with Gasteiger partial charge in [0, 0.05) is 18.2 Å². The topological polar surface area (TPSA) is 27.7 Å². The van der Waals surface area contributed by atoms with E-state index in [1.165, 1.54) is 12.1 Å². The summed E-state index contributed by atoms with van der Waals surface area (Å²) >= 11 is 0. The van der Waals surface area contributed by atoms with Crippen LogP contribution in [0.2, 0.25) is 0 Å². The zero-order chi connectivity index (χ0) is 26.2. The molecule has 0 atom stereocenters. The predicted octanol–water partition coefficient (Wildman–Crippen LogP) is 8.37. The maximum absolute atomic E-state index is 14.9. The maximum Gasteiger partial charge on any atom is 0.200 e. The Kier molecular flexibility index (Phi) is 9.29. The van der Waals surface area contributed by atoms with E-state index in [1.54, 1.807) is 48.5 Å². The van der Waals surface area contributed by atoms with E-state index < -0.39 is 11.6 Å². The van der Waals surface area contributed by atoms with Crippen LogP contribution in [0.15, 0.2) is 67.3 Å². The van der Waals surface area contributed by atoms with Gasteiger partial charge < -0.3 is 14.2 Å². The van der Waals surface area contributed by atoms with Crippen molar-refractivity contribution in [2.75, 3.05) is 13.2 Å². The SMILES string of the molecule is C=CCCOc1ccc(-c2ccc(COc3ccc(C4CCC(OCC)CC4)c(F)c3F)cc2)c(F)c1. The third-order valence-corrected chi connectivity index (χ3v) is 6.78. The predicted molar refractivity (Wildman–Crippen MR) is 139 cm³/mol. The number of halogens is 3. The summed E-state index contributed by atoms with van der Waals surface area (Å²) in [4.78, 5) is 0. The van der Waals surface area contributed by atoms with Gasteiger partial charge in [0.1, 0.15) is 18.2 Å². The van der Waals surface area contributed by atoms with Crippen LogP contribution in [0.4, 0.5) is 13.2 Å².